The minimum atomic E-state index is -0.202. The average Bonchev–Trinajstić information content (AvgIpc) is 2.86. The summed E-state index contributed by atoms with van der Waals surface area (Å²) in [6.07, 6.45) is 3.38. The van der Waals surface area contributed by atoms with Crippen LogP contribution in [-0.4, -0.2) is 25.8 Å². The maximum Gasteiger partial charge on any atom is 0.124 e. The number of halogens is 2. The molecular formula is C15H21BrFNO. The van der Waals surface area contributed by atoms with Gasteiger partial charge < -0.3 is 10.1 Å². The molecule has 0 aromatic heterocycles. The molecule has 1 aromatic rings. The Morgan fingerprint density at radius 1 is 1.53 bits per heavy atom. The van der Waals surface area contributed by atoms with E-state index in [1.165, 1.54) is 12.1 Å². The van der Waals surface area contributed by atoms with Gasteiger partial charge in [0.25, 0.3) is 0 Å². The minimum absolute atomic E-state index is 0.202. The Bertz CT molecular complexity index is 427. The van der Waals surface area contributed by atoms with Gasteiger partial charge in [-0.3, -0.25) is 0 Å². The molecule has 1 fully saturated rings. The van der Waals surface area contributed by atoms with Crippen molar-refractivity contribution in [1.82, 2.24) is 5.32 Å². The quantitative estimate of drug-likeness (QED) is 0.892. The van der Waals surface area contributed by atoms with Crippen LogP contribution in [0.25, 0.3) is 0 Å². The van der Waals surface area contributed by atoms with Crippen molar-refractivity contribution in [2.24, 2.45) is 5.92 Å². The predicted molar refractivity (Wildman–Crippen MR) is 78.8 cm³/mol. The van der Waals surface area contributed by atoms with Crippen molar-refractivity contribution in [1.29, 1.82) is 0 Å². The van der Waals surface area contributed by atoms with Crippen LogP contribution in [-0.2, 0) is 11.2 Å². The molecule has 1 aliphatic rings. The number of nitrogens with one attached hydrogen (secondary N) is 1. The smallest absolute Gasteiger partial charge is 0.124 e. The lowest BCUT2D eigenvalue weighted by Crippen LogP contribution is -2.39. The summed E-state index contributed by atoms with van der Waals surface area (Å²) in [5.41, 5.74) is 1.14. The molecule has 1 N–H and O–H groups in total. The van der Waals surface area contributed by atoms with Crippen LogP contribution in [0.4, 0.5) is 4.39 Å². The van der Waals surface area contributed by atoms with Crippen molar-refractivity contribution in [3.8, 4) is 0 Å². The van der Waals surface area contributed by atoms with Crippen molar-refractivity contribution in [3.63, 3.8) is 0 Å². The summed E-state index contributed by atoms with van der Waals surface area (Å²) in [6.45, 7) is 3.02. The largest absolute Gasteiger partial charge is 0.378 e. The molecule has 19 heavy (non-hydrogen) atoms. The van der Waals surface area contributed by atoms with Crippen LogP contribution in [0.5, 0.6) is 0 Å². The van der Waals surface area contributed by atoms with Gasteiger partial charge in [-0.15, -0.1) is 0 Å². The highest BCUT2D eigenvalue weighted by Gasteiger charge is 2.33. The Morgan fingerprint density at radius 2 is 2.32 bits per heavy atom. The van der Waals surface area contributed by atoms with Gasteiger partial charge in [0.2, 0.25) is 0 Å². The molecule has 0 bridgehead atoms. The van der Waals surface area contributed by atoms with Crippen LogP contribution < -0.4 is 5.32 Å². The second-order valence-corrected chi connectivity index (χ2v) is 5.96. The lowest BCUT2D eigenvalue weighted by molar-refractivity contribution is 0.0783. The van der Waals surface area contributed by atoms with E-state index in [9.17, 15) is 4.39 Å². The summed E-state index contributed by atoms with van der Waals surface area (Å²) in [6, 6.07) is 5.29. The van der Waals surface area contributed by atoms with Crippen LogP contribution in [0.2, 0.25) is 0 Å². The topological polar surface area (TPSA) is 21.3 Å². The zero-order valence-electron chi connectivity index (χ0n) is 11.5. The molecule has 1 aliphatic heterocycles. The normalized spacial score (nSPS) is 24.6. The molecule has 2 nitrogen and oxygen atoms in total. The number of benzene rings is 1. The summed E-state index contributed by atoms with van der Waals surface area (Å²) in [4.78, 5) is 0. The summed E-state index contributed by atoms with van der Waals surface area (Å²) >= 11 is 3.45. The maximum atomic E-state index is 13.1. The molecule has 0 saturated carbocycles. The molecule has 3 unspecified atom stereocenters. The molecule has 4 heteroatoms. The van der Waals surface area contributed by atoms with E-state index in [1.807, 2.05) is 13.1 Å². The zero-order chi connectivity index (χ0) is 13.8. The van der Waals surface area contributed by atoms with Crippen molar-refractivity contribution in [3.05, 3.63) is 34.1 Å². The fourth-order valence-electron chi connectivity index (χ4n) is 2.94. The summed E-state index contributed by atoms with van der Waals surface area (Å²) in [5.74, 6) is 0.333. The molecule has 1 heterocycles. The fraction of sp³-hybridized carbons (Fsp3) is 0.600. The van der Waals surface area contributed by atoms with Gasteiger partial charge in [-0.1, -0.05) is 28.9 Å². The van der Waals surface area contributed by atoms with Gasteiger partial charge in [0, 0.05) is 23.0 Å². The van der Waals surface area contributed by atoms with E-state index in [1.54, 1.807) is 0 Å². The number of hydrogen-bond donors (Lipinski definition) is 1. The third-order valence-electron chi connectivity index (χ3n) is 4.01. The Morgan fingerprint density at radius 3 is 2.95 bits per heavy atom. The minimum Gasteiger partial charge on any atom is -0.378 e. The fourth-order valence-corrected chi connectivity index (χ4v) is 3.45. The second-order valence-electron chi connectivity index (χ2n) is 5.11. The summed E-state index contributed by atoms with van der Waals surface area (Å²) < 4.78 is 19.7. The second kappa shape index (κ2) is 6.82. The van der Waals surface area contributed by atoms with Gasteiger partial charge in [-0.05, 0) is 44.0 Å². The van der Waals surface area contributed by atoms with Crippen LogP contribution >= 0.6 is 15.9 Å². The van der Waals surface area contributed by atoms with E-state index < -0.39 is 0 Å². The molecule has 0 radical (unpaired) electrons. The van der Waals surface area contributed by atoms with Crippen molar-refractivity contribution in [2.45, 2.75) is 38.3 Å². The average molecular weight is 330 g/mol. The van der Waals surface area contributed by atoms with E-state index in [0.717, 1.165) is 35.9 Å². The van der Waals surface area contributed by atoms with Crippen molar-refractivity contribution in [2.75, 3.05) is 13.7 Å². The van der Waals surface area contributed by atoms with Gasteiger partial charge >= 0.3 is 0 Å². The number of rotatable bonds is 5. The third kappa shape index (κ3) is 3.56. The Labute approximate surface area is 122 Å². The Balaban J connectivity index is 2.10. The first-order chi connectivity index (χ1) is 9.15. The highest BCUT2D eigenvalue weighted by atomic mass is 79.9. The van der Waals surface area contributed by atoms with Crippen molar-refractivity contribution >= 4 is 15.9 Å². The van der Waals surface area contributed by atoms with Gasteiger partial charge in [0.15, 0.2) is 0 Å². The molecule has 1 aromatic carbocycles. The molecular weight excluding hydrogens is 309 g/mol. The van der Waals surface area contributed by atoms with Crippen LogP contribution in [0.15, 0.2) is 22.7 Å². The zero-order valence-corrected chi connectivity index (χ0v) is 13.0. The van der Waals surface area contributed by atoms with Gasteiger partial charge in [0.05, 0.1) is 6.10 Å². The predicted octanol–water partition coefficient (Wildman–Crippen LogP) is 3.53. The SMILES string of the molecule is CCC1OCCC1C(Cc1ccc(F)cc1Br)NC. The third-order valence-corrected chi connectivity index (χ3v) is 4.74. The van der Waals surface area contributed by atoms with E-state index in [4.69, 9.17) is 4.74 Å². The molecule has 106 valence electrons. The van der Waals surface area contributed by atoms with Crippen LogP contribution in [0.1, 0.15) is 25.3 Å². The van der Waals surface area contributed by atoms with Gasteiger partial charge in [-0.25, -0.2) is 4.39 Å². The highest BCUT2D eigenvalue weighted by Crippen LogP contribution is 2.29. The molecule has 0 aliphatic carbocycles. The maximum absolute atomic E-state index is 13.1. The molecule has 2 rings (SSSR count). The van der Waals surface area contributed by atoms with E-state index in [2.05, 4.69) is 28.2 Å². The first-order valence-corrected chi connectivity index (χ1v) is 7.67. The van der Waals surface area contributed by atoms with E-state index >= 15 is 0 Å². The standard InChI is InChI=1S/C15H21BrFNO/c1-3-15-12(6-7-19-15)14(18-2)8-10-4-5-11(17)9-13(10)16/h4-5,9,12,14-15,18H,3,6-8H2,1-2H3. The van der Waals surface area contributed by atoms with E-state index in [0.29, 0.717) is 18.1 Å². The van der Waals surface area contributed by atoms with Crippen LogP contribution in [0.3, 0.4) is 0 Å². The molecule has 0 amide bonds. The first kappa shape index (κ1) is 14.9. The number of hydrogen-bond acceptors (Lipinski definition) is 2. The molecule has 3 atom stereocenters. The number of ether oxygens (including phenoxy) is 1. The Hall–Kier alpha value is -0.450. The summed E-state index contributed by atoms with van der Waals surface area (Å²) in [7, 11) is 1.99. The number of likely N-dealkylation sites (N-methyl/N-ethyl adjacent to an activating group) is 1. The Kier molecular flexibility index (Phi) is 5.37. The van der Waals surface area contributed by atoms with Crippen LogP contribution in [0, 0.1) is 11.7 Å². The van der Waals surface area contributed by atoms with Gasteiger partial charge in [-0.2, -0.15) is 0 Å². The van der Waals surface area contributed by atoms with E-state index in [-0.39, 0.29) is 5.82 Å². The monoisotopic (exact) mass is 329 g/mol. The van der Waals surface area contributed by atoms with Gasteiger partial charge in [0.1, 0.15) is 5.82 Å². The lowest BCUT2D eigenvalue weighted by atomic mass is 9.87. The lowest BCUT2D eigenvalue weighted by Gasteiger charge is -2.27. The first-order valence-electron chi connectivity index (χ1n) is 6.88. The summed E-state index contributed by atoms with van der Waals surface area (Å²) in [5, 5.41) is 3.40. The molecule has 0 spiro atoms. The molecule has 1 saturated heterocycles. The highest BCUT2D eigenvalue weighted by molar-refractivity contribution is 9.10. The van der Waals surface area contributed by atoms with Crippen molar-refractivity contribution < 1.29 is 9.13 Å².